The molecule has 1 nitrogen and oxygen atoms in total. The van der Waals surface area contributed by atoms with E-state index < -0.39 is 0 Å². The topological polar surface area (TPSA) is 20.2 Å². The van der Waals surface area contributed by atoms with E-state index in [0.717, 1.165) is 16.5 Å². The molecule has 1 heteroatoms. The highest BCUT2D eigenvalue weighted by Gasteiger charge is 2.01. The summed E-state index contributed by atoms with van der Waals surface area (Å²) in [5.41, 5.74) is 2.19. The zero-order valence-corrected chi connectivity index (χ0v) is 13.2. The molecule has 0 aliphatic heterocycles. The molecule has 0 radical (unpaired) electrons. The Bertz CT molecular complexity index is 860. The number of hydrogen-bond donors (Lipinski definition) is 1. The van der Waals surface area contributed by atoms with E-state index in [1.807, 2.05) is 31.2 Å². The van der Waals surface area contributed by atoms with Crippen LogP contribution < -0.4 is 0 Å². The Labute approximate surface area is 136 Å². The van der Waals surface area contributed by atoms with Crippen molar-refractivity contribution in [1.29, 1.82) is 0 Å². The number of hydrogen-bond acceptors (Lipinski definition) is 1. The van der Waals surface area contributed by atoms with Crippen LogP contribution in [-0.2, 0) is 6.61 Å². The number of rotatable bonds is 1. The van der Waals surface area contributed by atoms with Crippen molar-refractivity contribution >= 4 is 21.5 Å². The second kappa shape index (κ2) is 7.08. The van der Waals surface area contributed by atoms with E-state index in [9.17, 15) is 5.11 Å². The van der Waals surface area contributed by atoms with Crippen molar-refractivity contribution < 1.29 is 5.11 Å². The lowest BCUT2D eigenvalue weighted by Crippen LogP contribution is -1.89. The summed E-state index contributed by atoms with van der Waals surface area (Å²) >= 11 is 0. The van der Waals surface area contributed by atoms with Crippen LogP contribution in [0.4, 0.5) is 0 Å². The summed E-state index contributed by atoms with van der Waals surface area (Å²) in [6.07, 6.45) is 0. The quantitative estimate of drug-likeness (QED) is 0.493. The minimum Gasteiger partial charge on any atom is -0.392 e. The third kappa shape index (κ3) is 3.41. The molecule has 0 spiro atoms. The molecule has 0 aromatic heterocycles. The Morgan fingerprint density at radius 3 is 1.61 bits per heavy atom. The molecule has 4 rings (SSSR count). The molecule has 1 N–H and O–H groups in total. The Hall–Kier alpha value is -2.64. The van der Waals surface area contributed by atoms with Crippen molar-refractivity contribution in [2.75, 3.05) is 0 Å². The summed E-state index contributed by atoms with van der Waals surface area (Å²) < 4.78 is 0. The smallest absolute Gasteiger partial charge is 0.0690 e. The van der Waals surface area contributed by atoms with Crippen LogP contribution in [0.2, 0.25) is 0 Å². The van der Waals surface area contributed by atoms with Crippen molar-refractivity contribution in [1.82, 2.24) is 0 Å². The standard InChI is InChI=1S/C12H12O.C10H8/c1-9-6-7-10-4-2-3-5-11(10)12(9)8-13;1-2-6-10-8-4-3-7-9(10)5-1/h2-7,13H,8H2,1H3;1-8H. The van der Waals surface area contributed by atoms with Gasteiger partial charge in [0.25, 0.3) is 0 Å². The molecule has 0 heterocycles. The van der Waals surface area contributed by atoms with Crippen LogP contribution in [0.1, 0.15) is 11.1 Å². The molecule has 4 aromatic rings. The summed E-state index contributed by atoms with van der Waals surface area (Å²) in [4.78, 5) is 0. The van der Waals surface area contributed by atoms with E-state index in [1.165, 1.54) is 16.2 Å². The third-order valence-corrected chi connectivity index (χ3v) is 4.09. The summed E-state index contributed by atoms with van der Waals surface area (Å²) in [5.74, 6) is 0. The highest BCUT2D eigenvalue weighted by molar-refractivity contribution is 5.86. The Morgan fingerprint density at radius 1 is 0.609 bits per heavy atom. The van der Waals surface area contributed by atoms with Gasteiger partial charge in [-0.1, -0.05) is 84.9 Å². The van der Waals surface area contributed by atoms with E-state index in [4.69, 9.17) is 0 Å². The predicted molar refractivity (Wildman–Crippen MR) is 98.6 cm³/mol. The number of aliphatic hydroxyl groups excluding tert-OH is 1. The third-order valence-electron chi connectivity index (χ3n) is 4.09. The van der Waals surface area contributed by atoms with Gasteiger partial charge in [0, 0.05) is 0 Å². The first-order valence-corrected chi connectivity index (χ1v) is 7.81. The summed E-state index contributed by atoms with van der Waals surface area (Å²) in [7, 11) is 0. The lowest BCUT2D eigenvalue weighted by molar-refractivity contribution is 0.282. The second-order valence-electron chi connectivity index (χ2n) is 5.59. The summed E-state index contributed by atoms with van der Waals surface area (Å²) in [6.45, 7) is 2.14. The van der Waals surface area contributed by atoms with Crippen molar-refractivity contribution in [3.8, 4) is 0 Å². The summed E-state index contributed by atoms with van der Waals surface area (Å²) in [5, 5.41) is 14.2. The van der Waals surface area contributed by atoms with Crippen LogP contribution in [0, 0.1) is 6.92 Å². The molecule has 114 valence electrons. The average Bonchev–Trinajstić information content (AvgIpc) is 2.62. The second-order valence-corrected chi connectivity index (χ2v) is 5.59. The van der Waals surface area contributed by atoms with Gasteiger partial charge in [0.15, 0.2) is 0 Å². The van der Waals surface area contributed by atoms with Crippen LogP contribution in [-0.4, -0.2) is 5.11 Å². The predicted octanol–water partition coefficient (Wildman–Crippen LogP) is 5.48. The van der Waals surface area contributed by atoms with Gasteiger partial charge in [0.2, 0.25) is 0 Å². The molecule has 0 unspecified atom stereocenters. The molecule has 0 saturated carbocycles. The van der Waals surface area contributed by atoms with E-state index in [-0.39, 0.29) is 6.61 Å². The molecule has 4 aromatic carbocycles. The minimum absolute atomic E-state index is 0.118. The summed E-state index contributed by atoms with van der Waals surface area (Å²) in [6, 6.07) is 29.0. The van der Waals surface area contributed by atoms with Crippen molar-refractivity contribution in [3.05, 3.63) is 96.1 Å². The maximum atomic E-state index is 9.22. The van der Waals surface area contributed by atoms with Gasteiger partial charge in [-0.3, -0.25) is 0 Å². The number of benzene rings is 4. The molecule has 23 heavy (non-hydrogen) atoms. The van der Waals surface area contributed by atoms with Crippen LogP contribution >= 0.6 is 0 Å². The maximum Gasteiger partial charge on any atom is 0.0690 e. The molecular formula is C22H20O. The van der Waals surface area contributed by atoms with Gasteiger partial charge in [-0.2, -0.15) is 0 Å². The Morgan fingerprint density at radius 2 is 1.09 bits per heavy atom. The van der Waals surface area contributed by atoms with Gasteiger partial charge in [0.05, 0.1) is 6.61 Å². The molecule has 0 atom stereocenters. The molecule has 0 bridgehead atoms. The fourth-order valence-electron chi connectivity index (χ4n) is 2.79. The van der Waals surface area contributed by atoms with Crippen LogP contribution in [0.5, 0.6) is 0 Å². The van der Waals surface area contributed by atoms with Crippen LogP contribution in [0.25, 0.3) is 21.5 Å². The monoisotopic (exact) mass is 300 g/mol. The van der Waals surface area contributed by atoms with Gasteiger partial charge < -0.3 is 5.11 Å². The largest absolute Gasteiger partial charge is 0.392 e. The zero-order valence-electron chi connectivity index (χ0n) is 13.2. The highest BCUT2D eigenvalue weighted by atomic mass is 16.3. The van der Waals surface area contributed by atoms with E-state index in [2.05, 4.69) is 60.7 Å². The Kier molecular flexibility index (Phi) is 4.70. The normalized spacial score (nSPS) is 10.3. The molecule has 0 saturated heterocycles. The van der Waals surface area contributed by atoms with Gasteiger partial charge in [-0.05, 0) is 39.6 Å². The first-order chi connectivity index (χ1) is 11.3. The number of aliphatic hydroxyl groups is 1. The van der Waals surface area contributed by atoms with Crippen molar-refractivity contribution in [3.63, 3.8) is 0 Å². The first kappa shape index (κ1) is 15.3. The average molecular weight is 300 g/mol. The highest BCUT2D eigenvalue weighted by Crippen LogP contribution is 2.21. The van der Waals surface area contributed by atoms with Gasteiger partial charge >= 0.3 is 0 Å². The van der Waals surface area contributed by atoms with Crippen molar-refractivity contribution in [2.24, 2.45) is 0 Å². The van der Waals surface area contributed by atoms with Crippen LogP contribution in [0.3, 0.4) is 0 Å². The molecule has 0 fully saturated rings. The van der Waals surface area contributed by atoms with Crippen LogP contribution in [0.15, 0.2) is 84.9 Å². The molecule has 0 amide bonds. The van der Waals surface area contributed by atoms with Crippen molar-refractivity contribution in [2.45, 2.75) is 13.5 Å². The maximum absolute atomic E-state index is 9.22. The lowest BCUT2D eigenvalue weighted by atomic mass is 10.0. The van der Waals surface area contributed by atoms with E-state index in [0.29, 0.717) is 0 Å². The van der Waals surface area contributed by atoms with E-state index >= 15 is 0 Å². The number of aryl methyl sites for hydroxylation is 1. The lowest BCUT2D eigenvalue weighted by Gasteiger charge is -2.06. The zero-order chi connectivity index (χ0) is 16.1. The first-order valence-electron chi connectivity index (χ1n) is 7.81. The van der Waals surface area contributed by atoms with Gasteiger partial charge in [-0.25, -0.2) is 0 Å². The Balaban J connectivity index is 0.000000140. The molecule has 0 aliphatic rings. The van der Waals surface area contributed by atoms with Gasteiger partial charge in [0.1, 0.15) is 0 Å². The van der Waals surface area contributed by atoms with E-state index in [1.54, 1.807) is 0 Å². The molecule has 0 aliphatic carbocycles. The molecular weight excluding hydrogens is 280 g/mol. The fourth-order valence-corrected chi connectivity index (χ4v) is 2.79. The SMILES string of the molecule is Cc1ccc2ccccc2c1CO.c1ccc2ccccc2c1. The van der Waals surface area contributed by atoms with Gasteiger partial charge in [-0.15, -0.1) is 0 Å². The number of fused-ring (bicyclic) bond motifs is 2. The fraction of sp³-hybridized carbons (Fsp3) is 0.0909. The minimum atomic E-state index is 0.118.